The highest BCUT2D eigenvalue weighted by Gasteiger charge is 2.16. The first-order valence-electron chi connectivity index (χ1n) is 6.48. The lowest BCUT2D eigenvalue weighted by atomic mass is 10.2. The van der Waals surface area contributed by atoms with E-state index in [-0.39, 0.29) is 11.9 Å². The standard InChI is InChI=1S/C13H18N6OS/c1-8(2)15-12(20)9-7-14-13(21-4)17-11(9)16-10-5-6-19(3)18-10/h5-8H,1-4H3,(H,15,20)(H,14,16,17,18). The molecule has 0 aromatic carbocycles. The molecule has 112 valence electrons. The molecule has 0 bridgehead atoms. The van der Waals surface area contributed by atoms with Gasteiger partial charge in [0.25, 0.3) is 5.91 Å². The molecule has 0 saturated carbocycles. The zero-order valence-corrected chi connectivity index (χ0v) is 13.2. The molecule has 7 nitrogen and oxygen atoms in total. The third-order valence-electron chi connectivity index (χ3n) is 2.57. The lowest BCUT2D eigenvalue weighted by molar-refractivity contribution is 0.0943. The van der Waals surface area contributed by atoms with Crippen LogP contribution in [0.2, 0.25) is 0 Å². The topological polar surface area (TPSA) is 84.7 Å². The van der Waals surface area contributed by atoms with E-state index in [0.717, 1.165) is 0 Å². The zero-order chi connectivity index (χ0) is 15.4. The van der Waals surface area contributed by atoms with Crippen molar-refractivity contribution in [3.05, 3.63) is 24.0 Å². The summed E-state index contributed by atoms with van der Waals surface area (Å²) in [7, 11) is 1.82. The molecule has 8 heteroatoms. The van der Waals surface area contributed by atoms with Gasteiger partial charge in [-0.05, 0) is 20.1 Å². The summed E-state index contributed by atoms with van der Waals surface area (Å²) in [4.78, 5) is 20.7. The molecule has 0 atom stereocenters. The fourth-order valence-electron chi connectivity index (χ4n) is 1.67. The monoisotopic (exact) mass is 306 g/mol. The normalized spacial score (nSPS) is 10.7. The van der Waals surface area contributed by atoms with E-state index in [2.05, 4.69) is 25.7 Å². The van der Waals surface area contributed by atoms with Crippen molar-refractivity contribution in [1.82, 2.24) is 25.1 Å². The Morgan fingerprint density at radius 2 is 2.19 bits per heavy atom. The summed E-state index contributed by atoms with van der Waals surface area (Å²) >= 11 is 1.41. The number of aryl methyl sites for hydroxylation is 1. The van der Waals surface area contributed by atoms with Gasteiger partial charge < -0.3 is 10.6 Å². The van der Waals surface area contributed by atoms with Crippen molar-refractivity contribution >= 4 is 29.3 Å². The number of thioether (sulfide) groups is 1. The van der Waals surface area contributed by atoms with Crippen LogP contribution in [0.15, 0.2) is 23.6 Å². The fraction of sp³-hybridized carbons (Fsp3) is 0.385. The predicted octanol–water partition coefficient (Wildman–Crippen LogP) is 1.81. The van der Waals surface area contributed by atoms with Crippen molar-refractivity contribution in [3.63, 3.8) is 0 Å². The summed E-state index contributed by atoms with van der Waals surface area (Å²) < 4.78 is 1.67. The van der Waals surface area contributed by atoms with Gasteiger partial charge in [-0.3, -0.25) is 9.48 Å². The molecule has 0 saturated heterocycles. The number of carbonyl (C=O) groups is 1. The van der Waals surface area contributed by atoms with Crippen LogP contribution in [0.4, 0.5) is 11.6 Å². The van der Waals surface area contributed by atoms with Crippen LogP contribution in [0, 0.1) is 0 Å². The summed E-state index contributed by atoms with van der Waals surface area (Å²) in [5.74, 6) is 0.865. The molecule has 0 radical (unpaired) electrons. The Bertz CT molecular complexity index is 639. The second-order valence-electron chi connectivity index (χ2n) is 4.75. The third-order valence-corrected chi connectivity index (χ3v) is 3.14. The Kier molecular flexibility index (Phi) is 4.79. The van der Waals surface area contributed by atoms with E-state index in [4.69, 9.17) is 0 Å². The largest absolute Gasteiger partial charge is 0.350 e. The van der Waals surface area contributed by atoms with Gasteiger partial charge >= 0.3 is 0 Å². The summed E-state index contributed by atoms with van der Waals surface area (Å²) in [6.45, 7) is 3.81. The van der Waals surface area contributed by atoms with Crippen LogP contribution in [0.25, 0.3) is 0 Å². The average molecular weight is 306 g/mol. The number of nitrogens with one attached hydrogen (secondary N) is 2. The minimum absolute atomic E-state index is 0.0421. The zero-order valence-electron chi connectivity index (χ0n) is 12.4. The molecule has 0 aliphatic carbocycles. The number of carbonyl (C=O) groups excluding carboxylic acids is 1. The fourth-order valence-corrected chi connectivity index (χ4v) is 2.01. The van der Waals surface area contributed by atoms with Crippen LogP contribution in [-0.4, -0.2) is 38.0 Å². The van der Waals surface area contributed by atoms with E-state index in [9.17, 15) is 4.79 Å². The highest BCUT2D eigenvalue weighted by atomic mass is 32.2. The van der Waals surface area contributed by atoms with Gasteiger partial charge in [0.2, 0.25) is 0 Å². The Hall–Kier alpha value is -2.09. The number of rotatable bonds is 5. The number of nitrogens with zero attached hydrogens (tertiary/aromatic N) is 4. The van der Waals surface area contributed by atoms with Gasteiger partial charge in [0.1, 0.15) is 11.4 Å². The Balaban J connectivity index is 2.33. The maximum absolute atomic E-state index is 12.2. The molecule has 0 fully saturated rings. The molecule has 2 heterocycles. The maximum atomic E-state index is 12.2. The first-order valence-corrected chi connectivity index (χ1v) is 7.70. The molecule has 0 unspecified atom stereocenters. The smallest absolute Gasteiger partial charge is 0.256 e. The van der Waals surface area contributed by atoms with Crippen LogP contribution < -0.4 is 10.6 Å². The Morgan fingerprint density at radius 1 is 1.43 bits per heavy atom. The van der Waals surface area contributed by atoms with Crippen LogP contribution >= 0.6 is 11.8 Å². The second-order valence-corrected chi connectivity index (χ2v) is 5.52. The molecule has 1 amide bonds. The van der Waals surface area contributed by atoms with Gasteiger partial charge in [0.15, 0.2) is 11.0 Å². The lowest BCUT2D eigenvalue weighted by Gasteiger charge is -2.12. The van der Waals surface area contributed by atoms with E-state index < -0.39 is 0 Å². The van der Waals surface area contributed by atoms with Crippen LogP contribution in [0.3, 0.4) is 0 Å². The van der Waals surface area contributed by atoms with E-state index in [0.29, 0.717) is 22.4 Å². The van der Waals surface area contributed by atoms with E-state index in [1.165, 1.54) is 18.0 Å². The molecular formula is C13H18N6OS. The Labute approximate surface area is 127 Å². The van der Waals surface area contributed by atoms with Gasteiger partial charge in [0, 0.05) is 31.5 Å². The first-order chi connectivity index (χ1) is 9.99. The van der Waals surface area contributed by atoms with Crippen molar-refractivity contribution in [3.8, 4) is 0 Å². The predicted molar refractivity (Wildman–Crippen MR) is 82.9 cm³/mol. The van der Waals surface area contributed by atoms with Gasteiger partial charge in [-0.2, -0.15) is 5.10 Å². The highest BCUT2D eigenvalue weighted by Crippen LogP contribution is 2.20. The molecule has 0 aliphatic heterocycles. The number of aromatic nitrogens is 4. The van der Waals surface area contributed by atoms with Crippen molar-refractivity contribution < 1.29 is 4.79 Å². The molecule has 2 rings (SSSR count). The SMILES string of the molecule is CSc1ncc(C(=O)NC(C)C)c(Nc2ccn(C)n2)n1. The summed E-state index contributed by atoms with van der Waals surface area (Å²) in [6.07, 6.45) is 5.22. The summed E-state index contributed by atoms with van der Waals surface area (Å²) in [5, 5.41) is 10.7. The summed E-state index contributed by atoms with van der Waals surface area (Å²) in [5.41, 5.74) is 0.396. The Morgan fingerprint density at radius 3 is 2.76 bits per heavy atom. The van der Waals surface area contributed by atoms with Crippen LogP contribution in [0.1, 0.15) is 24.2 Å². The highest BCUT2D eigenvalue weighted by molar-refractivity contribution is 7.98. The number of amides is 1. The molecule has 2 aromatic rings. The number of hydrogen-bond acceptors (Lipinski definition) is 6. The minimum atomic E-state index is -0.212. The number of hydrogen-bond donors (Lipinski definition) is 2. The maximum Gasteiger partial charge on any atom is 0.256 e. The van der Waals surface area contributed by atoms with Gasteiger partial charge in [-0.15, -0.1) is 0 Å². The molecule has 21 heavy (non-hydrogen) atoms. The lowest BCUT2D eigenvalue weighted by Crippen LogP contribution is -2.31. The van der Waals surface area contributed by atoms with Gasteiger partial charge in [-0.1, -0.05) is 11.8 Å². The molecule has 0 spiro atoms. The van der Waals surface area contributed by atoms with Crippen molar-refractivity contribution in [2.24, 2.45) is 7.05 Å². The number of anilines is 2. The van der Waals surface area contributed by atoms with Crippen molar-refractivity contribution in [1.29, 1.82) is 0 Å². The van der Waals surface area contributed by atoms with Crippen molar-refractivity contribution in [2.75, 3.05) is 11.6 Å². The van der Waals surface area contributed by atoms with Gasteiger partial charge in [0.05, 0.1) is 0 Å². The second kappa shape index (κ2) is 6.57. The molecule has 2 aromatic heterocycles. The quantitative estimate of drug-likeness (QED) is 0.647. The van der Waals surface area contributed by atoms with E-state index in [1.54, 1.807) is 4.68 Å². The van der Waals surface area contributed by atoms with Gasteiger partial charge in [-0.25, -0.2) is 9.97 Å². The molecule has 0 aliphatic rings. The van der Waals surface area contributed by atoms with Crippen LogP contribution in [0.5, 0.6) is 0 Å². The first kappa shape index (κ1) is 15.3. The molecule has 2 N–H and O–H groups in total. The van der Waals surface area contributed by atoms with E-state index in [1.807, 2.05) is 39.4 Å². The average Bonchev–Trinajstić information content (AvgIpc) is 2.83. The summed E-state index contributed by atoms with van der Waals surface area (Å²) in [6, 6.07) is 1.85. The van der Waals surface area contributed by atoms with Crippen LogP contribution in [-0.2, 0) is 7.05 Å². The minimum Gasteiger partial charge on any atom is -0.350 e. The molecular weight excluding hydrogens is 288 g/mol. The van der Waals surface area contributed by atoms with Crippen molar-refractivity contribution in [2.45, 2.75) is 25.0 Å². The third kappa shape index (κ3) is 3.94. The van der Waals surface area contributed by atoms with E-state index >= 15 is 0 Å².